The van der Waals surface area contributed by atoms with E-state index in [-0.39, 0.29) is 5.97 Å². The zero-order valence-corrected chi connectivity index (χ0v) is 13.0. The minimum absolute atomic E-state index is 0.303. The largest absolute Gasteiger partial charge is 0.465 e. The van der Waals surface area contributed by atoms with Crippen LogP contribution in [-0.4, -0.2) is 19.1 Å². The van der Waals surface area contributed by atoms with Gasteiger partial charge in [-0.25, -0.2) is 9.18 Å². The number of rotatable bonds is 6. The fraction of sp³-hybridized carbons (Fsp3) is 0.500. The van der Waals surface area contributed by atoms with Gasteiger partial charge in [-0.05, 0) is 53.0 Å². The quantitative estimate of drug-likeness (QED) is 0.811. The zero-order valence-electron chi connectivity index (χ0n) is 11.4. The Morgan fingerprint density at radius 3 is 2.68 bits per heavy atom. The van der Waals surface area contributed by atoms with E-state index < -0.39 is 11.9 Å². The average molecular weight is 332 g/mol. The van der Waals surface area contributed by atoms with Crippen LogP contribution >= 0.6 is 15.9 Å². The molecule has 106 valence electrons. The molecule has 0 spiro atoms. The van der Waals surface area contributed by atoms with Crippen LogP contribution in [0.4, 0.5) is 4.39 Å². The summed E-state index contributed by atoms with van der Waals surface area (Å²) in [5.74, 6) is -0.389. The standard InChI is InChI=1S/C14H19BrFNO2/c1-4-19-14(18)13(17-8-9(2)3)10-5-6-11(15)12(16)7-10/h5-7,9,13,17H,4,8H2,1-3H3. The number of halogens is 2. The van der Waals surface area contributed by atoms with Crippen LogP contribution in [0.2, 0.25) is 0 Å². The summed E-state index contributed by atoms with van der Waals surface area (Å²) in [6.07, 6.45) is 0. The Bertz CT molecular complexity index is 437. The van der Waals surface area contributed by atoms with Gasteiger partial charge in [-0.1, -0.05) is 19.9 Å². The Balaban J connectivity index is 2.93. The highest BCUT2D eigenvalue weighted by atomic mass is 79.9. The molecule has 0 aliphatic heterocycles. The second-order valence-corrected chi connectivity index (χ2v) is 5.52. The summed E-state index contributed by atoms with van der Waals surface area (Å²) >= 11 is 3.10. The third-order valence-electron chi connectivity index (χ3n) is 2.53. The van der Waals surface area contributed by atoms with Crippen molar-refractivity contribution < 1.29 is 13.9 Å². The van der Waals surface area contributed by atoms with Gasteiger partial charge in [0.25, 0.3) is 0 Å². The van der Waals surface area contributed by atoms with Crippen LogP contribution in [0.3, 0.4) is 0 Å². The Labute approximate surface area is 121 Å². The van der Waals surface area contributed by atoms with Gasteiger partial charge in [-0.15, -0.1) is 0 Å². The lowest BCUT2D eigenvalue weighted by Crippen LogP contribution is -2.32. The molecule has 0 fully saturated rings. The zero-order chi connectivity index (χ0) is 14.4. The molecular weight excluding hydrogens is 313 g/mol. The third-order valence-corrected chi connectivity index (χ3v) is 3.17. The summed E-state index contributed by atoms with van der Waals surface area (Å²) in [4.78, 5) is 11.9. The van der Waals surface area contributed by atoms with Crippen molar-refractivity contribution in [2.45, 2.75) is 26.8 Å². The molecule has 0 aromatic heterocycles. The highest BCUT2D eigenvalue weighted by Crippen LogP contribution is 2.22. The van der Waals surface area contributed by atoms with E-state index in [2.05, 4.69) is 21.2 Å². The van der Waals surface area contributed by atoms with Crippen LogP contribution < -0.4 is 5.32 Å². The lowest BCUT2D eigenvalue weighted by molar-refractivity contribution is -0.145. The van der Waals surface area contributed by atoms with Crippen LogP contribution in [0, 0.1) is 11.7 Å². The molecule has 0 saturated heterocycles. The first-order valence-corrected chi connectivity index (χ1v) is 7.10. The SMILES string of the molecule is CCOC(=O)C(NCC(C)C)c1ccc(Br)c(F)c1. The number of carbonyl (C=O) groups excluding carboxylic acids is 1. The molecule has 0 amide bonds. The van der Waals surface area contributed by atoms with Crippen molar-refractivity contribution in [3.63, 3.8) is 0 Å². The van der Waals surface area contributed by atoms with Gasteiger partial charge < -0.3 is 10.1 Å². The summed E-state index contributed by atoms with van der Waals surface area (Å²) in [5, 5.41) is 3.11. The van der Waals surface area contributed by atoms with Gasteiger partial charge in [0.05, 0.1) is 11.1 Å². The van der Waals surface area contributed by atoms with Crippen molar-refractivity contribution >= 4 is 21.9 Å². The summed E-state index contributed by atoms with van der Waals surface area (Å²) in [7, 11) is 0. The average Bonchev–Trinajstić information content (AvgIpc) is 2.33. The van der Waals surface area contributed by atoms with Crippen molar-refractivity contribution in [2.75, 3.05) is 13.2 Å². The first-order chi connectivity index (χ1) is 8.95. The Morgan fingerprint density at radius 2 is 2.16 bits per heavy atom. The molecule has 0 aliphatic carbocycles. The van der Waals surface area contributed by atoms with Crippen LogP contribution in [0.1, 0.15) is 32.4 Å². The van der Waals surface area contributed by atoms with Crippen LogP contribution in [-0.2, 0) is 9.53 Å². The Kier molecular flexibility index (Phi) is 6.45. The third kappa shape index (κ3) is 4.91. The minimum Gasteiger partial charge on any atom is -0.465 e. The van der Waals surface area contributed by atoms with Crippen molar-refractivity contribution in [1.82, 2.24) is 5.32 Å². The summed E-state index contributed by atoms with van der Waals surface area (Å²) in [6.45, 7) is 6.78. The van der Waals surface area contributed by atoms with E-state index in [1.165, 1.54) is 6.07 Å². The second kappa shape index (κ2) is 7.60. The minimum atomic E-state index is -0.634. The van der Waals surface area contributed by atoms with Gasteiger partial charge in [0.2, 0.25) is 0 Å². The van der Waals surface area contributed by atoms with Gasteiger partial charge in [-0.3, -0.25) is 0 Å². The van der Waals surface area contributed by atoms with E-state index in [4.69, 9.17) is 4.74 Å². The normalized spacial score (nSPS) is 12.5. The van der Waals surface area contributed by atoms with Crippen molar-refractivity contribution in [3.05, 3.63) is 34.1 Å². The van der Waals surface area contributed by atoms with Crippen molar-refractivity contribution in [3.8, 4) is 0 Å². The molecular formula is C14H19BrFNO2. The first kappa shape index (κ1) is 16.1. The number of hydrogen-bond donors (Lipinski definition) is 1. The number of benzene rings is 1. The fourth-order valence-corrected chi connectivity index (χ4v) is 1.85. The molecule has 1 aromatic carbocycles. The number of ether oxygens (including phenoxy) is 1. The number of hydrogen-bond acceptors (Lipinski definition) is 3. The number of carbonyl (C=O) groups is 1. The van der Waals surface area contributed by atoms with E-state index in [9.17, 15) is 9.18 Å². The van der Waals surface area contributed by atoms with Gasteiger partial charge >= 0.3 is 5.97 Å². The van der Waals surface area contributed by atoms with Gasteiger partial charge in [0.1, 0.15) is 11.9 Å². The van der Waals surface area contributed by atoms with Gasteiger partial charge in [-0.2, -0.15) is 0 Å². The smallest absolute Gasteiger partial charge is 0.327 e. The number of nitrogens with one attached hydrogen (secondary N) is 1. The van der Waals surface area contributed by atoms with Gasteiger partial charge in [0.15, 0.2) is 0 Å². The van der Waals surface area contributed by atoms with E-state index in [0.717, 1.165) is 0 Å². The van der Waals surface area contributed by atoms with Gasteiger partial charge in [0, 0.05) is 0 Å². The monoisotopic (exact) mass is 331 g/mol. The summed E-state index contributed by atoms with van der Waals surface area (Å²) < 4.78 is 19.0. The molecule has 3 nitrogen and oxygen atoms in total. The number of esters is 1. The maximum Gasteiger partial charge on any atom is 0.327 e. The molecule has 0 aliphatic rings. The van der Waals surface area contributed by atoms with Crippen LogP contribution in [0.25, 0.3) is 0 Å². The van der Waals surface area contributed by atoms with Crippen LogP contribution in [0.15, 0.2) is 22.7 Å². The molecule has 1 rings (SSSR count). The molecule has 1 atom stereocenters. The second-order valence-electron chi connectivity index (χ2n) is 4.66. The molecule has 5 heteroatoms. The fourth-order valence-electron chi connectivity index (χ4n) is 1.61. The predicted octanol–water partition coefficient (Wildman–Crippen LogP) is 3.44. The Hall–Kier alpha value is -0.940. The highest BCUT2D eigenvalue weighted by Gasteiger charge is 2.22. The summed E-state index contributed by atoms with van der Waals surface area (Å²) in [6, 6.07) is 4.01. The maximum absolute atomic E-state index is 13.6. The van der Waals surface area contributed by atoms with Crippen molar-refractivity contribution in [1.29, 1.82) is 0 Å². The molecule has 19 heavy (non-hydrogen) atoms. The molecule has 1 unspecified atom stereocenters. The van der Waals surface area contributed by atoms with E-state index >= 15 is 0 Å². The molecule has 0 heterocycles. The van der Waals surface area contributed by atoms with E-state index in [1.807, 2.05) is 13.8 Å². The summed E-state index contributed by atoms with van der Waals surface area (Å²) in [5.41, 5.74) is 0.569. The Morgan fingerprint density at radius 1 is 1.47 bits per heavy atom. The molecule has 1 aromatic rings. The lowest BCUT2D eigenvalue weighted by Gasteiger charge is -2.19. The lowest BCUT2D eigenvalue weighted by atomic mass is 10.1. The van der Waals surface area contributed by atoms with E-state index in [1.54, 1.807) is 19.1 Å². The van der Waals surface area contributed by atoms with E-state index in [0.29, 0.717) is 29.1 Å². The highest BCUT2D eigenvalue weighted by molar-refractivity contribution is 9.10. The van der Waals surface area contributed by atoms with Crippen molar-refractivity contribution in [2.24, 2.45) is 5.92 Å². The first-order valence-electron chi connectivity index (χ1n) is 6.30. The molecule has 0 saturated carbocycles. The predicted molar refractivity (Wildman–Crippen MR) is 76.3 cm³/mol. The maximum atomic E-state index is 13.6. The van der Waals surface area contributed by atoms with Crippen LogP contribution in [0.5, 0.6) is 0 Å². The topological polar surface area (TPSA) is 38.3 Å². The molecule has 0 bridgehead atoms. The molecule has 1 N–H and O–H groups in total. The molecule has 0 radical (unpaired) electrons.